The van der Waals surface area contributed by atoms with E-state index in [2.05, 4.69) is 231 Å². The first kappa shape index (κ1) is 34.8. The molecule has 1 unspecified atom stereocenters. The summed E-state index contributed by atoms with van der Waals surface area (Å²) in [5.74, 6) is 0.638. The quantitative estimate of drug-likeness (QED) is 0.167. The summed E-state index contributed by atoms with van der Waals surface area (Å²) >= 11 is 0. The van der Waals surface area contributed by atoms with Crippen molar-refractivity contribution >= 4 is 105 Å². The topological polar surface area (TPSA) is 44.4 Å². The Balaban J connectivity index is 1.15. The maximum absolute atomic E-state index is 6.03. The molecule has 0 N–H and O–H groups in total. The fourth-order valence-corrected chi connectivity index (χ4v) is 11.3. The number of aliphatic imine (C=N–C) groups is 2. The van der Waals surface area contributed by atoms with E-state index < -0.39 is 6.17 Å². The third-order valence-corrected chi connectivity index (χ3v) is 13.9. The highest BCUT2D eigenvalue weighted by Gasteiger charge is 2.34. The summed E-state index contributed by atoms with van der Waals surface area (Å²) in [6.45, 7) is 0. The van der Waals surface area contributed by atoms with Crippen LogP contribution in [0.2, 0.25) is 0 Å². The van der Waals surface area contributed by atoms with E-state index in [1.807, 2.05) is 0 Å². The zero-order valence-corrected chi connectivity index (χ0v) is 35.0. The van der Waals surface area contributed by atoms with Gasteiger partial charge < -0.3 is 13.7 Å². The number of hydrogen-bond acceptors (Lipinski definition) is 2. The Bertz CT molecular complexity index is 4290. The Morgan fingerprint density at radius 2 is 0.815 bits per heavy atom. The zero-order chi connectivity index (χ0) is 42.3. The second-order valence-electron chi connectivity index (χ2n) is 17.3. The van der Waals surface area contributed by atoms with Crippen molar-refractivity contribution in [1.82, 2.24) is 18.3 Å². The minimum atomic E-state index is -0.505. The Kier molecular flexibility index (Phi) is 6.91. The van der Waals surface area contributed by atoms with E-state index in [0.29, 0.717) is 5.96 Å². The first-order valence-corrected chi connectivity index (χ1v) is 22.3. The summed E-state index contributed by atoms with van der Waals surface area (Å²) in [4.78, 5) is 11.8. The molecule has 2 bridgehead atoms. The molecule has 6 heterocycles. The molecule has 0 saturated carbocycles. The molecule has 6 heteroatoms. The zero-order valence-electron chi connectivity index (χ0n) is 35.0. The lowest BCUT2D eigenvalue weighted by atomic mass is 9.96. The Morgan fingerprint density at radius 1 is 0.354 bits per heavy atom. The van der Waals surface area contributed by atoms with Crippen molar-refractivity contribution in [3.05, 3.63) is 223 Å². The lowest BCUT2D eigenvalue weighted by Gasteiger charge is -2.28. The molecule has 9 aromatic carbocycles. The molecule has 302 valence electrons. The molecule has 2 aliphatic rings. The van der Waals surface area contributed by atoms with Gasteiger partial charge in [-0.1, -0.05) is 158 Å². The number of hydrogen-bond donors (Lipinski definition) is 0. The number of aromatic nitrogens is 4. The van der Waals surface area contributed by atoms with Gasteiger partial charge in [0.15, 0.2) is 6.17 Å². The van der Waals surface area contributed by atoms with Crippen LogP contribution in [0.15, 0.2) is 222 Å². The first-order valence-electron chi connectivity index (χ1n) is 22.3. The minimum absolute atomic E-state index is 0.505. The van der Waals surface area contributed by atoms with Gasteiger partial charge in [-0.25, -0.2) is 9.98 Å². The lowest BCUT2D eigenvalue weighted by molar-refractivity contribution is 0.655. The summed E-state index contributed by atoms with van der Waals surface area (Å²) in [6, 6.07) is 74.8. The number of rotatable bonds is 2. The summed E-state index contributed by atoms with van der Waals surface area (Å²) in [7, 11) is 0. The number of benzene rings is 9. The smallest absolute Gasteiger partial charge is 0.233 e. The average Bonchev–Trinajstić information content (AvgIpc) is 4.10. The molecule has 2 aliphatic heterocycles. The Hall–Kier alpha value is -8.74. The highest BCUT2D eigenvalue weighted by Crippen LogP contribution is 2.46. The normalized spacial score (nSPS) is 15.7. The van der Waals surface area contributed by atoms with Crippen LogP contribution in [0, 0.1) is 0 Å². The lowest BCUT2D eigenvalue weighted by Crippen LogP contribution is -2.27. The van der Waals surface area contributed by atoms with E-state index in [1.54, 1.807) is 0 Å². The van der Waals surface area contributed by atoms with Crippen LogP contribution in [0.4, 0.5) is 0 Å². The van der Waals surface area contributed by atoms with Gasteiger partial charge in [-0.3, -0.25) is 4.57 Å². The van der Waals surface area contributed by atoms with Crippen molar-refractivity contribution in [2.45, 2.75) is 6.17 Å². The van der Waals surface area contributed by atoms with Crippen LogP contribution in [0.1, 0.15) is 17.3 Å². The predicted molar refractivity (Wildman–Crippen MR) is 270 cm³/mol. The van der Waals surface area contributed by atoms with Crippen LogP contribution >= 0.6 is 0 Å². The van der Waals surface area contributed by atoms with Crippen molar-refractivity contribution in [3.63, 3.8) is 0 Å². The molecule has 0 amide bonds. The van der Waals surface area contributed by atoms with Crippen LogP contribution < -0.4 is 0 Å². The molecule has 65 heavy (non-hydrogen) atoms. The molecular weight excluding hydrogens is 793 g/mol. The molecule has 4 aromatic heterocycles. The molecule has 0 radical (unpaired) electrons. The van der Waals surface area contributed by atoms with Gasteiger partial charge in [-0.15, -0.1) is 0 Å². The first-order chi connectivity index (χ1) is 32.3. The van der Waals surface area contributed by atoms with E-state index in [9.17, 15) is 0 Å². The van der Waals surface area contributed by atoms with E-state index in [-0.39, 0.29) is 0 Å². The van der Waals surface area contributed by atoms with Crippen LogP contribution in [0.25, 0.3) is 105 Å². The maximum atomic E-state index is 6.03. The fourth-order valence-electron chi connectivity index (χ4n) is 11.3. The van der Waals surface area contributed by atoms with Crippen molar-refractivity contribution in [1.29, 1.82) is 0 Å². The molecule has 0 saturated heterocycles. The van der Waals surface area contributed by atoms with Crippen LogP contribution in [0.5, 0.6) is 0 Å². The van der Waals surface area contributed by atoms with Gasteiger partial charge >= 0.3 is 0 Å². The predicted octanol–water partition coefficient (Wildman–Crippen LogP) is 14.4. The summed E-state index contributed by atoms with van der Waals surface area (Å²) in [6.07, 6.45) is 1.82. The molecule has 15 rings (SSSR count). The fraction of sp³-hybridized carbons (Fsp3) is 0.0169. The van der Waals surface area contributed by atoms with Crippen LogP contribution in [-0.2, 0) is 0 Å². The SMILES string of the molecule is C1=C2/C(c3ccccc3)=NC(n3c4ccccc4c4ccc5c6ccccc6n(-c6ccccc6)c5c43)=NC2n2c3ccccc3c3ccc4c5ccccc5n(c4c32)-c2cccc/1c2. The molecule has 0 fully saturated rings. The van der Waals surface area contributed by atoms with Crippen LogP contribution in [-0.4, -0.2) is 29.9 Å². The van der Waals surface area contributed by atoms with Gasteiger partial charge in [0.2, 0.25) is 5.96 Å². The van der Waals surface area contributed by atoms with Gasteiger partial charge in [0.1, 0.15) is 0 Å². The van der Waals surface area contributed by atoms with Gasteiger partial charge in [0.05, 0.1) is 49.8 Å². The molecular formula is C59H36N6. The van der Waals surface area contributed by atoms with E-state index >= 15 is 0 Å². The number of fused-ring (bicyclic) bond motifs is 18. The van der Waals surface area contributed by atoms with Crippen molar-refractivity contribution < 1.29 is 0 Å². The summed E-state index contributed by atoms with van der Waals surface area (Å²) in [5, 5.41) is 9.51. The van der Waals surface area contributed by atoms with Crippen molar-refractivity contribution in [2.75, 3.05) is 0 Å². The molecule has 13 aromatic rings. The maximum Gasteiger partial charge on any atom is 0.233 e. The van der Waals surface area contributed by atoms with Crippen LogP contribution in [0.3, 0.4) is 0 Å². The van der Waals surface area contributed by atoms with Crippen molar-refractivity contribution in [3.8, 4) is 11.4 Å². The van der Waals surface area contributed by atoms with E-state index in [0.717, 1.165) is 77.7 Å². The molecule has 1 atom stereocenters. The molecule has 6 nitrogen and oxygen atoms in total. The Labute approximate surface area is 372 Å². The van der Waals surface area contributed by atoms with E-state index in [4.69, 9.17) is 9.98 Å². The third-order valence-electron chi connectivity index (χ3n) is 13.9. The number of nitrogens with zero attached hydrogens (tertiary/aromatic N) is 6. The largest absolute Gasteiger partial charge is 0.311 e. The Morgan fingerprint density at radius 3 is 1.45 bits per heavy atom. The van der Waals surface area contributed by atoms with Gasteiger partial charge in [-0.2, -0.15) is 0 Å². The minimum Gasteiger partial charge on any atom is -0.311 e. The average molecular weight is 829 g/mol. The van der Waals surface area contributed by atoms with Gasteiger partial charge in [-0.05, 0) is 60.2 Å². The summed E-state index contributed by atoms with van der Waals surface area (Å²) < 4.78 is 9.77. The van der Waals surface area contributed by atoms with Gasteiger partial charge in [0, 0.05) is 65.6 Å². The summed E-state index contributed by atoms with van der Waals surface area (Å²) in [5.41, 5.74) is 15.3. The molecule has 0 spiro atoms. The standard InChI is InChI=1S/C59H36N6/c1-3-17-37(18-4-1)53-48-35-36-16-15-21-39(34-36)63-50-27-12-8-23-41(50)44-30-32-46-42-24-9-13-28-51(42)64(56(46)54(44)63)58(48)61-59(60-53)65-52-29-14-10-25-43(52)47-33-31-45-40-22-7-11-26-49(40)62(55(45)57(47)65)38-19-5-2-6-20-38/h1-35,58H/b48-35-. The monoisotopic (exact) mass is 828 g/mol. The number of para-hydroxylation sites is 5. The van der Waals surface area contributed by atoms with E-state index in [1.165, 1.54) is 43.4 Å². The highest BCUT2D eigenvalue weighted by molar-refractivity contribution is 6.29. The van der Waals surface area contributed by atoms with Gasteiger partial charge in [0.25, 0.3) is 0 Å². The molecule has 0 aliphatic carbocycles. The highest BCUT2D eigenvalue weighted by atomic mass is 15.3. The third kappa shape index (κ3) is 4.67. The second kappa shape index (κ2) is 12.9. The van der Waals surface area contributed by atoms with Crippen molar-refractivity contribution in [2.24, 2.45) is 9.98 Å². The second-order valence-corrected chi connectivity index (χ2v) is 17.3.